The number of rotatable bonds is 2. The van der Waals surface area contributed by atoms with Gasteiger partial charge >= 0.3 is 0 Å². The van der Waals surface area contributed by atoms with Crippen LogP contribution in [0.1, 0.15) is 25.7 Å². The van der Waals surface area contributed by atoms with Crippen molar-refractivity contribution in [3.63, 3.8) is 0 Å². The zero-order valence-corrected chi connectivity index (χ0v) is 9.16. The lowest BCUT2D eigenvalue weighted by atomic mass is 9.82. The van der Waals surface area contributed by atoms with Gasteiger partial charge in [0.15, 0.2) is 0 Å². The number of hydrogen-bond donors (Lipinski definition) is 2. The van der Waals surface area contributed by atoms with Gasteiger partial charge in [0.05, 0.1) is 4.05 Å². The van der Waals surface area contributed by atoms with Crippen molar-refractivity contribution in [2.75, 3.05) is 0 Å². The van der Waals surface area contributed by atoms with Crippen LogP contribution in [-0.2, 0) is 4.79 Å². The minimum Gasteiger partial charge on any atom is -0.369 e. The molecule has 4 N–H and O–H groups in total. The zero-order chi connectivity index (χ0) is 9.14. The maximum absolute atomic E-state index is 10.8. The number of amides is 1. The summed E-state index contributed by atoms with van der Waals surface area (Å²) in [4.78, 5) is 10.8. The third kappa shape index (κ3) is 2.58. The molecule has 0 heterocycles. The molecule has 1 unspecified atom stereocenters. The molecule has 0 spiro atoms. The smallest absolute Gasteiger partial charge is 0.220 e. The Kier molecular flexibility index (Phi) is 3.77. The summed E-state index contributed by atoms with van der Waals surface area (Å²) in [5.74, 6) is 0.549. The third-order valence-corrected chi connectivity index (χ3v) is 3.64. The van der Waals surface area contributed by atoms with E-state index in [1.807, 2.05) is 0 Å². The number of carbonyl (C=O) groups is 1. The molecule has 0 aromatic heterocycles. The van der Waals surface area contributed by atoms with E-state index in [0.29, 0.717) is 5.92 Å². The van der Waals surface area contributed by atoms with Crippen molar-refractivity contribution < 1.29 is 4.79 Å². The van der Waals surface area contributed by atoms with Crippen LogP contribution in [0, 0.1) is 11.8 Å². The van der Waals surface area contributed by atoms with Crippen LogP contribution in [0.2, 0.25) is 0 Å². The molecule has 4 heteroatoms. The molecule has 0 saturated heterocycles. The van der Waals surface area contributed by atoms with Gasteiger partial charge in [-0.05, 0) is 31.6 Å². The van der Waals surface area contributed by atoms with Crippen LogP contribution in [0.4, 0.5) is 0 Å². The lowest BCUT2D eigenvalue weighted by Gasteiger charge is -2.28. The number of alkyl halides is 1. The number of carbonyl (C=O) groups excluding carboxylic acids is 1. The lowest BCUT2D eigenvalue weighted by Crippen LogP contribution is -2.32. The van der Waals surface area contributed by atoms with Crippen molar-refractivity contribution in [3.05, 3.63) is 0 Å². The molecular formula is C8H15IN2O. The molecule has 0 aliphatic heterocycles. The van der Waals surface area contributed by atoms with Crippen LogP contribution in [0.25, 0.3) is 0 Å². The van der Waals surface area contributed by atoms with E-state index in [-0.39, 0.29) is 15.9 Å². The molecule has 1 atom stereocenters. The highest BCUT2D eigenvalue weighted by atomic mass is 127. The predicted molar refractivity (Wildman–Crippen MR) is 56.6 cm³/mol. The van der Waals surface area contributed by atoms with Gasteiger partial charge in [0.1, 0.15) is 0 Å². The van der Waals surface area contributed by atoms with Gasteiger partial charge in [0, 0.05) is 5.92 Å². The Hall–Kier alpha value is 0.160. The first kappa shape index (κ1) is 10.2. The van der Waals surface area contributed by atoms with Gasteiger partial charge < -0.3 is 11.5 Å². The highest BCUT2D eigenvalue weighted by Crippen LogP contribution is 2.31. The Morgan fingerprint density at radius 1 is 1.33 bits per heavy atom. The number of nitrogens with two attached hydrogens (primary N) is 2. The van der Waals surface area contributed by atoms with Crippen molar-refractivity contribution in [2.45, 2.75) is 29.7 Å². The van der Waals surface area contributed by atoms with E-state index in [1.54, 1.807) is 0 Å². The second-order valence-corrected chi connectivity index (χ2v) is 4.90. The molecule has 0 bridgehead atoms. The summed E-state index contributed by atoms with van der Waals surface area (Å²) < 4.78 is 0.233. The zero-order valence-electron chi connectivity index (χ0n) is 7.00. The van der Waals surface area contributed by atoms with Crippen molar-refractivity contribution in [3.8, 4) is 0 Å². The molecule has 0 aromatic rings. The van der Waals surface area contributed by atoms with Gasteiger partial charge in [-0.3, -0.25) is 4.79 Å². The summed E-state index contributed by atoms with van der Waals surface area (Å²) in [7, 11) is 0. The van der Waals surface area contributed by atoms with E-state index in [1.165, 1.54) is 0 Å². The molecule has 1 aliphatic rings. The van der Waals surface area contributed by atoms with Crippen LogP contribution in [0.3, 0.4) is 0 Å². The molecule has 1 fully saturated rings. The quantitative estimate of drug-likeness (QED) is 0.450. The van der Waals surface area contributed by atoms with Crippen molar-refractivity contribution >= 4 is 28.5 Å². The fourth-order valence-corrected chi connectivity index (χ4v) is 2.44. The predicted octanol–water partition coefficient (Wildman–Crippen LogP) is 0.998. The monoisotopic (exact) mass is 282 g/mol. The molecule has 70 valence electrons. The highest BCUT2D eigenvalue weighted by molar-refractivity contribution is 14.1. The average Bonchev–Trinajstić information content (AvgIpc) is 2.04. The van der Waals surface area contributed by atoms with E-state index < -0.39 is 0 Å². The summed E-state index contributed by atoms with van der Waals surface area (Å²) in [5.41, 5.74) is 11.0. The summed E-state index contributed by atoms with van der Waals surface area (Å²) in [6, 6.07) is 0. The number of primary amides is 1. The second-order valence-electron chi connectivity index (χ2n) is 3.46. The molecule has 1 rings (SSSR count). The molecule has 0 radical (unpaired) electrons. The molecule has 1 saturated carbocycles. The molecule has 1 aliphatic carbocycles. The Morgan fingerprint density at radius 3 is 2.17 bits per heavy atom. The van der Waals surface area contributed by atoms with Crippen LogP contribution < -0.4 is 11.5 Å². The first-order valence-corrected chi connectivity index (χ1v) is 5.54. The van der Waals surface area contributed by atoms with Gasteiger partial charge in [-0.1, -0.05) is 22.6 Å². The topological polar surface area (TPSA) is 69.1 Å². The van der Waals surface area contributed by atoms with E-state index in [9.17, 15) is 4.79 Å². The summed E-state index contributed by atoms with van der Waals surface area (Å²) in [6.07, 6.45) is 3.96. The van der Waals surface area contributed by atoms with Gasteiger partial charge in [-0.15, -0.1) is 0 Å². The maximum atomic E-state index is 10.8. The third-order valence-electron chi connectivity index (χ3n) is 2.62. The molecule has 3 nitrogen and oxygen atoms in total. The van der Waals surface area contributed by atoms with Crippen molar-refractivity contribution in [2.24, 2.45) is 23.3 Å². The van der Waals surface area contributed by atoms with E-state index in [4.69, 9.17) is 11.5 Å². The fourth-order valence-electron chi connectivity index (χ4n) is 1.72. The van der Waals surface area contributed by atoms with Crippen molar-refractivity contribution in [1.82, 2.24) is 0 Å². The minimum atomic E-state index is -0.143. The van der Waals surface area contributed by atoms with Crippen LogP contribution in [0.15, 0.2) is 0 Å². The van der Waals surface area contributed by atoms with E-state index in [0.717, 1.165) is 25.7 Å². The Balaban J connectivity index is 2.34. The first-order chi connectivity index (χ1) is 5.61. The van der Waals surface area contributed by atoms with Gasteiger partial charge in [0.25, 0.3) is 0 Å². The van der Waals surface area contributed by atoms with E-state index >= 15 is 0 Å². The standard InChI is InChI=1S/C8H15IN2O/c9-7(10)5-1-3-6(4-2-5)8(11)12/h5-7H,1-4,10H2,(H2,11,12). The molecule has 1 amide bonds. The SMILES string of the molecule is NC(=O)C1CCC(C(N)I)CC1. The van der Waals surface area contributed by atoms with Gasteiger partial charge in [-0.25, -0.2) is 0 Å². The molecular weight excluding hydrogens is 267 g/mol. The van der Waals surface area contributed by atoms with Crippen molar-refractivity contribution in [1.29, 1.82) is 0 Å². The summed E-state index contributed by atoms with van der Waals surface area (Å²) in [5, 5.41) is 0. The van der Waals surface area contributed by atoms with Gasteiger partial charge in [0.2, 0.25) is 5.91 Å². The van der Waals surface area contributed by atoms with Crippen LogP contribution >= 0.6 is 22.6 Å². The minimum absolute atomic E-state index is 0.108. The Bertz CT molecular complexity index is 164. The normalized spacial score (nSPS) is 32.8. The van der Waals surface area contributed by atoms with Crippen LogP contribution in [-0.4, -0.2) is 9.96 Å². The lowest BCUT2D eigenvalue weighted by molar-refractivity contribution is -0.122. The molecule has 0 aromatic carbocycles. The maximum Gasteiger partial charge on any atom is 0.220 e. The number of halogens is 1. The van der Waals surface area contributed by atoms with E-state index in [2.05, 4.69) is 22.6 Å². The Labute approximate surface area is 86.4 Å². The second kappa shape index (κ2) is 4.41. The summed E-state index contributed by atoms with van der Waals surface area (Å²) in [6.45, 7) is 0. The Morgan fingerprint density at radius 2 is 1.83 bits per heavy atom. The highest BCUT2D eigenvalue weighted by Gasteiger charge is 2.26. The fraction of sp³-hybridized carbons (Fsp3) is 0.875. The average molecular weight is 282 g/mol. The largest absolute Gasteiger partial charge is 0.369 e. The summed E-state index contributed by atoms with van der Waals surface area (Å²) >= 11 is 2.25. The first-order valence-electron chi connectivity index (χ1n) is 4.30. The van der Waals surface area contributed by atoms with Crippen LogP contribution in [0.5, 0.6) is 0 Å². The number of hydrogen-bond acceptors (Lipinski definition) is 2. The van der Waals surface area contributed by atoms with Gasteiger partial charge in [-0.2, -0.15) is 0 Å². The molecule has 12 heavy (non-hydrogen) atoms.